The maximum absolute atomic E-state index is 6.33. The van der Waals surface area contributed by atoms with Crippen LogP contribution in [0.1, 0.15) is 0 Å². The van der Waals surface area contributed by atoms with Crippen molar-refractivity contribution in [3.05, 3.63) is 146 Å². The number of aromatic nitrogens is 1. The van der Waals surface area contributed by atoms with E-state index in [0.717, 1.165) is 72.2 Å². The summed E-state index contributed by atoms with van der Waals surface area (Å²) in [7, 11) is 0. The summed E-state index contributed by atoms with van der Waals surface area (Å²) in [4.78, 5) is 7.33. The highest BCUT2D eigenvalue weighted by Crippen LogP contribution is 2.45. The second-order valence-electron chi connectivity index (χ2n) is 11.6. The molecule has 0 amide bonds. The van der Waals surface area contributed by atoms with E-state index in [-0.39, 0.29) is 0 Å². The Labute approximate surface area is 267 Å². The van der Waals surface area contributed by atoms with Gasteiger partial charge in [0.25, 0.3) is 0 Å². The van der Waals surface area contributed by atoms with Crippen LogP contribution < -0.4 is 4.90 Å². The first-order chi connectivity index (χ1) is 22.8. The Bertz CT molecular complexity index is 2770. The van der Waals surface area contributed by atoms with Crippen LogP contribution in [0.3, 0.4) is 0 Å². The Morgan fingerprint density at radius 3 is 1.87 bits per heavy atom. The summed E-state index contributed by atoms with van der Waals surface area (Å²) in [5.41, 5.74) is 7.67. The monoisotopic (exact) mass is 608 g/mol. The highest BCUT2D eigenvalue weighted by molar-refractivity contribution is 7.26. The van der Waals surface area contributed by atoms with Crippen LogP contribution >= 0.6 is 11.3 Å². The standard InChI is InChI=1S/C41H24N2O2S/c1-4-13-35-28(8-1)30-19-16-25(22-37(30)44-35)26-17-21-40(42-24-26)43(27-18-20-31-29-9-2-5-14-36(29)45-38(31)23-27)34-12-7-11-33-32-10-3-6-15-39(32)46-41(33)34/h1-24H. The number of benzene rings is 6. The molecule has 6 aromatic carbocycles. The summed E-state index contributed by atoms with van der Waals surface area (Å²) in [6, 6.07) is 48.6. The van der Waals surface area contributed by atoms with Crippen molar-refractivity contribution in [2.45, 2.75) is 0 Å². The van der Waals surface area contributed by atoms with Crippen LogP contribution in [-0.2, 0) is 0 Å². The highest BCUT2D eigenvalue weighted by atomic mass is 32.1. The largest absolute Gasteiger partial charge is 0.456 e. The van der Waals surface area contributed by atoms with Gasteiger partial charge in [0.1, 0.15) is 28.1 Å². The van der Waals surface area contributed by atoms with E-state index < -0.39 is 0 Å². The molecule has 0 aliphatic rings. The number of hydrogen-bond acceptors (Lipinski definition) is 5. The van der Waals surface area contributed by atoms with Crippen LogP contribution in [0.4, 0.5) is 17.2 Å². The summed E-state index contributed by atoms with van der Waals surface area (Å²) in [5.74, 6) is 0.828. The van der Waals surface area contributed by atoms with Gasteiger partial charge >= 0.3 is 0 Å². The van der Waals surface area contributed by atoms with Crippen molar-refractivity contribution in [2.24, 2.45) is 0 Å². The fourth-order valence-corrected chi connectivity index (χ4v) is 7.96. The van der Waals surface area contributed by atoms with Crippen LogP contribution in [0.2, 0.25) is 0 Å². The number of hydrogen-bond donors (Lipinski definition) is 0. The van der Waals surface area contributed by atoms with E-state index in [1.807, 2.05) is 47.9 Å². The molecule has 10 aromatic rings. The lowest BCUT2D eigenvalue weighted by Crippen LogP contribution is -2.11. The average Bonchev–Trinajstić information content (AvgIpc) is 3.79. The second kappa shape index (κ2) is 9.80. The van der Waals surface area contributed by atoms with Crippen molar-refractivity contribution in [3.63, 3.8) is 0 Å². The molecule has 0 radical (unpaired) electrons. The van der Waals surface area contributed by atoms with Crippen LogP contribution in [0.5, 0.6) is 0 Å². The summed E-state index contributed by atoms with van der Waals surface area (Å²) in [5, 5.41) is 6.97. The molecule has 0 aliphatic heterocycles. The third-order valence-corrected chi connectivity index (χ3v) is 10.1. The first-order valence-corrected chi connectivity index (χ1v) is 16.1. The van der Waals surface area contributed by atoms with Gasteiger partial charge in [0.2, 0.25) is 0 Å². The molecule has 46 heavy (non-hydrogen) atoms. The molecule has 5 heteroatoms. The van der Waals surface area contributed by atoms with Gasteiger partial charge in [0.05, 0.1) is 16.1 Å². The molecule has 0 fully saturated rings. The molecule has 0 N–H and O–H groups in total. The molecule has 4 aromatic heterocycles. The van der Waals surface area contributed by atoms with Gasteiger partial charge in [-0.05, 0) is 66.2 Å². The molecular weight excluding hydrogens is 585 g/mol. The average molecular weight is 609 g/mol. The number of pyridine rings is 1. The Balaban J connectivity index is 1.14. The fourth-order valence-electron chi connectivity index (χ4n) is 6.75. The van der Waals surface area contributed by atoms with Crippen LogP contribution in [-0.4, -0.2) is 4.98 Å². The van der Waals surface area contributed by atoms with E-state index in [1.165, 1.54) is 20.2 Å². The van der Waals surface area contributed by atoms with Gasteiger partial charge in [-0.3, -0.25) is 4.90 Å². The fraction of sp³-hybridized carbons (Fsp3) is 0. The van der Waals surface area contributed by atoms with E-state index in [0.29, 0.717) is 0 Å². The van der Waals surface area contributed by atoms with Gasteiger partial charge in [-0.15, -0.1) is 11.3 Å². The van der Waals surface area contributed by atoms with Gasteiger partial charge in [0.15, 0.2) is 0 Å². The second-order valence-corrected chi connectivity index (χ2v) is 12.6. The summed E-state index contributed by atoms with van der Waals surface area (Å²) in [6.45, 7) is 0. The Kier molecular flexibility index (Phi) is 5.41. The van der Waals surface area contributed by atoms with E-state index >= 15 is 0 Å². The van der Waals surface area contributed by atoms with Gasteiger partial charge in [-0.25, -0.2) is 4.98 Å². The first-order valence-electron chi connectivity index (χ1n) is 15.3. The number of furan rings is 2. The molecule has 4 nitrogen and oxygen atoms in total. The Morgan fingerprint density at radius 1 is 0.478 bits per heavy atom. The lowest BCUT2D eigenvalue weighted by molar-refractivity contribution is 0.668. The van der Waals surface area contributed by atoms with Gasteiger partial charge in [-0.1, -0.05) is 72.8 Å². The molecule has 0 saturated carbocycles. The zero-order valence-electron chi connectivity index (χ0n) is 24.5. The smallest absolute Gasteiger partial charge is 0.137 e. The number of rotatable bonds is 4. The molecule has 0 spiro atoms. The minimum atomic E-state index is 0.828. The van der Waals surface area contributed by atoms with Crippen molar-refractivity contribution in [3.8, 4) is 11.1 Å². The summed E-state index contributed by atoms with van der Waals surface area (Å²) >= 11 is 1.81. The van der Waals surface area contributed by atoms with Crippen molar-refractivity contribution < 1.29 is 8.83 Å². The Hall–Kier alpha value is -5.91. The van der Waals surface area contributed by atoms with Gasteiger partial charge < -0.3 is 8.83 Å². The van der Waals surface area contributed by atoms with E-state index in [9.17, 15) is 0 Å². The van der Waals surface area contributed by atoms with E-state index in [4.69, 9.17) is 13.8 Å². The third kappa shape index (κ3) is 3.82. The maximum Gasteiger partial charge on any atom is 0.137 e. The van der Waals surface area contributed by atoms with Crippen molar-refractivity contribution >= 4 is 92.6 Å². The van der Waals surface area contributed by atoms with Crippen molar-refractivity contribution in [1.29, 1.82) is 0 Å². The molecule has 216 valence electrons. The lowest BCUT2D eigenvalue weighted by atomic mass is 10.0. The zero-order valence-corrected chi connectivity index (χ0v) is 25.3. The first kappa shape index (κ1) is 25.4. The molecule has 4 heterocycles. The Morgan fingerprint density at radius 2 is 1.11 bits per heavy atom. The number of para-hydroxylation sites is 2. The molecular formula is C41H24N2O2S. The zero-order chi connectivity index (χ0) is 30.2. The predicted octanol–water partition coefficient (Wildman–Crippen LogP) is 12.4. The van der Waals surface area contributed by atoms with Crippen LogP contribution in [0.15, 0.2) is 155 Å². The maximum atomic E-state index is 6.33. The molecule has 0 aliphatic carbocycles. The summed E-state index contributed by atoms with van der Waals surface area (Å²) < 4.78 is 15.0. The highest BCUT2D eigenvalue weighted by Gasteiger charge is 2.20. The van der Waals surface area contributed by atoms with Gasteiger partial charge in [0, 0.05) is 54.8 Å². The molecule has 0 unspecified atom stereocenters. The molecule has 0 bridgehead atoms. The number of fused-ring (bicyclic) bond motifs is 9. The van der Waals surface area contributed by atoms with Crippen LogP contribution in [0, 0.1) is 0 Å². The number of nitrogens with zero attached hydrogens (tertiary/aromatic N) is 2. The third-order valence-electron chi connectivity index (χ3n) is 8.93. The van der Waals surface area contributed by atoms with Crippen LogP contribution in [0.25, 0.3) is 75.2 Å². The van der Waals surface area contributed by atoms with E-state index in [1.54, 1.807) is 0 Å². The minimum Gasteiger partial charge on any atom is -0.456 e. The van der Waals surface area contributed by atoms with E-state index in [2.05, 4.69) is 114 Å². The molecule has 0 atom stereocenters. The lowest BCUT2D eigenvalue weighted by Gasteiger charge is -2.25. The molecule has 10 rings (SSSR count). The molecule has 0 saturated heterocycles. The minimum absolute atomic E-state index is 0.828. The quantitative estimate of drug-likeness (QED) is 0.199. The topological polar surface area (TPSA) is 42.4 Å². The van der Waals surface area contributed by atoms with Crippen molar-refractivity contribution in [2.75, 3.05) is 4.90 Å². The normalized spacial score (nSPS) is 11.9. The van der Waals surface area contributed by atoms with Crippen molar-refractivity contribution in [1.82, 2.24) is 4.98 Å². The number of anilines is 3. The summed E-state index contributed by atoms with van der Waals surface area (Å²) in [6.07, 6.45) is 1.96. The predicted molar refractivity (Wildman–Crippen MR) is 192 cm³/mol. The number of thiophene rings is 1. The van der Waals surface area contributed by atoms with Gasteiger partial charge in [-0.2, -0.15) is 0 Å². The SMILES string of the molecule is c1ccc2c(c1)oc1cc(-c3ccc(N(c4ccc5c(c4)oc4ccccc45)c4cccc5c4sc4ccccc45)nc3)ccc12.